The van der Waals surface area contributed by atoms with E-state index in [0.717, 1.165) is 22.5 Å². The number of nitrogens with zero attached hydrogens (tertiary/aromatic N) is 2. The molecule has 1 aromatic heterocycles. The molecule has 0 unspecified atom stereocenters. The Labute approximate surface area is 89.0 Å². The summed E-state index contributed by atoms with van der Waals surface area (Å²) >= 11 is 0. The number of aromatic nitrogens is 2. The maximum atomic E-state index is 5.53. The molecule has 0 spiro atoms. The van der Waals surface area contributed by atoms with E-state index in [2.05, 4.69) is 10.2 Å². The molecule has 2 N–H and O–H groups in total. The number of hydrogen-bond donors (Lipinski definition) is 1. The van der Waals surface area contributed by atoms with Gasteiger partial charge in [-0.1, -0.05) is 24.3 Å². The Morgan fingerprint density at radius 3 is 2.27 bits per heavy atom. The van der Waals surface area contributed by atoms with E-state index in [4.69, 9.17) is 5.73 Å². The van der Waals surface area contributed by atoms with Gasteiger partial charge in [0.15, 0.2) is 0 Å². The molecule has 76 valence electrons. The highest BCUT2D eigenvalue weighted by Gasteiger charge is 1.99. The van der Waals surface area contributed by atoms with Crippen molar-refractivity contribution in [2.24, 2.45) is 5.73 Å². The third-order valence-corrected chi connectivity index (χ3v) is 2.28. The molecule has 0 aliphatic rings. The molecule has 0 saturated heterocycles. The third-order valence-electron chi connectivity index (χ3n) is 2.28. The number of benzene rings is 1. The van der Waals surface area contributed by atoms with Gasteiger partial charge < -0.3 is 5.73 Å². The van der Waals surface area contributed by atoms with E-state index in [1.54, 1.807) is 0 Å². The first-order valence-electron chi connectivity index (χ1n) is 4.89. The topological polar surface area (TPSA) is 51.8 Å². The molecule has 0 fully saturated rings. The Hall–Kier alpha value is -1.74. The van der Waals surface area contributed by atoms with Gasteiger partial charge in [0.1, 0.15) is 0 Å². The Morgan fingerprint density at radius 2 is 1.73 bits per heavy atom. The van der Waals surface area contributed by atoms with Crippen LogP contribution in [0.3, 0.4) is 0 Å². The van der Waals surface area contributed by atoms with Crippen molar-refractivity contribution in [2.75, 3.05) is 0 Å². The smallest absolute Gasteiger partial charge is 0.0929 e. The van der Waals surface area contributed by atoms with E-state index in [0.29, 0.717) is 6.54 Å². The van der Waals surface area contributed by atoms with Crippen LogP contribution in [0.25, 0.3) is 11.3 Å². The van der Waals surface area contributed by atoms with E-state index in [1.807, 2.05) is 43.3 Å². The molecular formula is C12H13N3. The maximum Gasteiger partial charge on any atom is 0.0929 e. The van der Waals surface area contributed by atoms with Crippen LogP contribution in [0.5, 0.6) is 0 Å². The van der Waals surface area contributed by atoms with Crippen LogP contribution in [-0.2, 0) is 6.54 Å². The lowest BCUT2D eigenvalue weighted by atomic mass is 10.1. The van der Waals surface area contributed by atoms with Crippen molar-refractivity contribution in [2.45, 2.75) is 13.5 Å². The SMILES string of the molecule is Cc1ccc(-c2ccc(CN)cc2)nn1. The predicted molar refractivity (Wildman–Crippen MR) is 60.1 cm³/mol. The molecule has 0 atom stereocenters. The second-order valence-electron chi connectivity index (χ2n) is 3.46. The first-order chi connectivity index (χ1) is 7.29. The lowest BCUT2D eigenvalue weighted by Crippen LogP contribution is -1.95. The van der Waals surface area contributed by atoms with Crippen molar-refractivity contribution in [1.29, 1.82) is 0 Å². The molecule has 1 aromatic carbocycles. The van der Waals surface area contributed by atoms with Crippen molar-refractivity contribution >= 4 is 0 Å². The molecule has 0 aliphatic carbocycles. The van der Waals surface area contributed by atoms with E-state index in [-0.39, 0.29) is 0 Å². The number of hydrogen-bond acceptors (Lipinski definition) is 3. The Bertz CT molecular complexity index is 431. The third kappa shape index (κ3) is 2.19. The summed E-state index contributed by atoms with van der Waals surface area (Å²) in [6, 6.07) is 12.0. The van der Waals surface area contributed by atoms with Crippen molar-refractivity contribution in [3.63, 3.8) is 0 Å². The van der Waals surface area contributed by atoms with Crippen LogP contribution >= 0.6 is 0 Å². The second kappa shape index (κ2) is 4.19. The van der Waals surface area contributed by atoms with E-state index >= 15 is 0 Å². The van der Waals surface area contributed by atoms with Crippen LogP contribution in [-0.4, -0.2) is 10.2 Å². The van der Waals surface area contributed by atoms with Crippen LogP contribution in [0, 0.1) is 6.92 Å². The van der Waals surface area contributed by atoms with Crippen LogP contribution in [0.2, 0.25) is 0 Å². The molecular weight excluding hydrogens is 186 g/mol. The van der Waals surface area contributed by atoms with Gasteiger partial charge in [-0.05, 0) is 24.6 Å². The van der Waals surface area contributed by atoms with Crippen molar-refractivity contribution in [3.05, 3.63) is 47.7 Å². The lowest BCUT2D eigenvalue weighted by molar-refractivity contribution is 0.986. The van der Waals surface area contributed by atoms with Crippen LogP contribution in [0.15, 0.2) is 36.4 Å². The summed E-state index contributed by atoms with van der Waals surface area (Å²) in [7, 11) is 0. The van der Waals surface area contributed by atoms with Crippen molar-refractivity contribution in [1.82, 2.24) is 10.2 Å². The number of nitrogens with two attached hydrogens (primary N) is 1. The number of aryl methyl sites for hydroxylation is 1. The molecule has 0 bridgehead atoms. The van der Waals surface area contributed by atoms with Gasteiger partial charge in [-0.2, -0.15) is 10.2 Å². The summed E-state index contributed by atoms with van der Waals surface area (Å²) < 4.78 is 0. The lowest BCUT2D eigenvalue weighted by Gasteiger charge is -2.01. The molecule has 0 aliphatic heterocycles. The van der Waals surface area contributed by atoms with E-state index in [9.17, 15) is 0 Å². The minimum absolute atomic E-state index is 0.569. The van der Waals surface area contributed by atoms with Gasteiger partial charge in [0.05, 0.1) is 11.4 Å². The van der Waals surface area contributed by atoms with Gasteiger partial charge in [0, 0.05) is 12.1 Å². The number of rotatable bonds is 2. The highest BCUT2D eigenvalue weighted by molar-refractivity contribution is 5.58. The fourth-order valence-electron chi connectivity index (χ4n) is 1.36. The van der Waals surface area contributed by atoms with Crippen molar-refractivity contribution < 1.29 is 0 Å². The quantitative estimate of drug-likeness (QED) is 0.803. The molecule has 0 saturated carbocycles. The molecule has 1 heterocycles. The summed E-state index contributed by atoms with van der Waals surface area (Å²) in [6.07, 6.45) is 0. The molecule has 0 amide bonds. The molecule has 0 radical (unpaired) electrons. The summed E-state index contributed by atoms with van der Waals surface area (Å²) in [5, 5.41) is 8.15. The highest BCUT2D eigenvalue weighted by atomic mass is 15.1. The molecule has 3 heteroatoms. The second-order valence-corrected chi connectivity index (χ2v) is 3.46. The molecule has 2 rings (SSSR count). The van der Waals surface area contributed by atoms with Crippen LogP contribution in [0.4, 0.5) is 0 Å². The van der Waals surface area contributed by atoms with Gasteiger partial charge in [0.25, 0.3) is 0 Å². The highest BCUT2D eigenvalue weighted by Crippen LogP contribution is 2.16. The van der Waals surface area contributed by atoms with Gasteiger partial charge >= 0.3 is 0 Å². The molecule has 3 nitrogen and oxygen atoms in total. The molecule has 2 aromatic rings. The summed E-state index contributed by atoms with van der Waals surface area (Å²) in [6.45, 7) is 2.49. The summed E-state index contributed by atoms with van der Waals surface area (Å²) in [5.74, 6) is 0. The zero-order valence-corrected chi connectivity index (χ0v) is 8.64. The monoisotopic (exact) mass is 199 g/mol. The zero-order chi connectivity index (χ0) is 10.7. The maximum absolute atomic E-state index is 5.53. The largest absolute Gasteiger partial charge is 0.326 e. The summed E-state index contributed by atoms with van der Waals surface area (Å²) in [4.78, 5) is 0. The van der Waals surface area contributed by atoms with Gasteiger partial charge in [-0.25, -0.2) is 0 Å². The van der Waals surface area contributed by atoms with E-state index in [1.165, 1.54) is 0 Å². The fraction of sp³-hybridized carbons (Fsp3) is 0.167. The van der Waals surface area contributed by atoms with Gasteiger partial charge in [0.2, 0.25) is 0 Å². The minimum Gasteiger partial charge on any atom is -0.326 e. The zero-order valence-electron chi connectivity index (χ0n) is 8.64. The average molecular weight is 199 g/mol. The first-order valence-corrected chi connectivity index (χ1v) is 4.89. The normalized spacial score (nSPS) is 10.3. The average Bonchev–Trinajstić information content (AvgIpc) is 2.30. The van der Waals surface area contributed by atoms with Crippen LogP contribution < -0.4 is 5.73 Å². The Kier molecular flexibility index (Phi) is 2.74. The molecule has 15 heavy (non-hydrogen) atoms. The Balaban J connectivity index is 2.33. The minimum atomic E-state index is 0.569. The van der Waals surface area contributed by atoms with Gasteiger partial charge in [-0.3, -0.25) is 0 Å². The van der Waals surface area contributed by atoms with E-state index < -0.39 is 0 Å². The van der Waals surface area contributed by atoms with Crippen LogP contribution in [0.1, 0.15) is 11.3 Å². The fourth-order valence-corrected chi connectivity index (χ4v) is 1.36. The standard InChI is InChI=1S/C12H13N3/c1-9-2-7-12(15-14-9)11-5-3-10(8-13)4-6-11/h2-7H,8,13H2,1H3. The summed E-state index contributed by atoms with van der Waals surface area (Å²) in [5.41, 5.74) is 9.54. The Morgan fingerprint density at radius 1 is 1.00 bits per heavy atom. The van der Waals surface area contributed by atoms with Crippen molar-refractivity contribution in [3.8, 4) is 11.3 Å². The first kappa shape index (κ1) is 9.80. The van der Waals surface area contributed by atoms with Gasteiger partial charge in [-0.15, -0.1) is 0 Å². The predicted octanol–water partition coefficient (Wildman–Crippen LogP) is 1.91.